The van der Waals surface area contributed by atoms with Crippen LogP contribution in [0.15, 0.2) is 54.6 Å². The van der Waals surface area contributed by atoms with E-state index in [4.69, 9.17) is 28.9 Å². The minimum Gasteiger partial charge on any atom is -0.490 e. The lowest BCUT2D eigenvalue weighted by Crippen LogP contribution is -2.43. The molecular weight excluding hydrogens is 520 g/mol. The van der Waals surface area contributed by atoms with Crippen molar-refractivity contribution in [3.63, 3.8) is 0 Å². The molecule has 0 saturated carbocycles. The van der Waals surface area contributed by atoms with Crippen molar-refractivity contribution >= 4 is 5.91 Å². The second kappa shape index (κ2) is 14.3. The number of nitrogens with zero attached hydrogens (tertiary/aromatic N) is 2. The van der Waals surface area contributed by atoms with Crippen molar-refractivity contribution in [1.82, 2.24) is 4.90 Å². The van der Waals surface area contributed by atoms with E-state index in [9.17, 15) is 4.79 Å². The van der Waals surface area contributed by atoms with Gasteiger partial charge in [0.2, 0.25) is 0 Å². The first-order chi connectivity index (χ1) is 20.0. The topological polar surface area (TPSA) is 90.3 Å². The fourth-order valence-electron chi connectivity index (χ4n) is 5.06. The predicted molar refractivity (Wildman–Crippen MR) is 156 cm³/mol. The molecular formula is C33H38N2O6. The Morgan fingerprint density at radius 1 is 0.805 bits per heavy atom. The van der Waals surface area contributed by atoms with E-state index >= 15 is 0 Å². The molecule has 0 aliphatic carbocycles. The van der Waals surface area contributed by atoms with E-state index in [2.05, 4.69) is 12.1 Å². The highest BCUT2D eigenvalue weighted by Gasteiger charge is 2.33. The van der Waals surface area contributed by atoms with Gasteiger partial charge in [0.05, 0.1) is 44.1 Å². The maximum atomic E-state index is 13.6. The third-order valence-electron chi connectivity index (χ3n) is 6.87. The maximum absolute atomic E-state index is 13.6. The van der Waals surface area contributed by atoms with Crippen molar-refractivity contribution in [2.24, 2.45) is 0 Å². The fraction of sp³-hybridized carbons (Fsp3) is 0.394. The highest BCUT2D eigenvalue weighted by molar-refractivity contribution is 5.79. The van der Waals surface area contributed by atoms with Gasteiger partial charge in [0.15, 0.2) is 29.6 Å². The molecule has 0 aromatic heterocycles. The molecule has 1 unspecified atom stereocenters. The largest absolute Gasteiger partial charge is 0.490 e. The molecule has 0 N–H and O–H groups in total. The molecule has 3 aromatic carbocycles. The summed E-state index contributed by atoms with van der Waals surface area (Å²) in [5.41, 5.74) is 3.72. The van der Waals surface area contributed by atoms with Crippen LogP contribution < -0.4 is 23.7 Å². The van der Waals surface area contributed by atoms with Crippen molar-refractivity contribution in [1.29, 1.82) is 5.26 Å². The van der Waals surface area contributed by atoms with Gasteiger partial charge in [0.25, 0.3) is 5.91 Å². The lowest BCUT2D eigenvalue weighted by atomic mass is 9.88. The van der Waals surface area contributed by atoms with Crippen LogP contribution in [0.1, 0.15) is 56.0 Å². The van der Waals surface area contributed by atoms with Gasteiger partial charge in [-0.1, -0.05) is 6.07 Å². The molecule has 8 nitrogen and oxygen atoms in total. The van der Waals surface area contributed by atoms with Crippen molar-refractivity contribution in [3.8, 4) is 34.8 Å². The fourth-order valence-corrected chi connectivity index (χ4v) is 5.06. The van der Waals surface area contributed by atoms with Crippen LogP contribution in [0.3, 0.4) is 0 Å². The number of hydrogen-bond acceptors (Lipinski definition) is 7. The smallest absolute Gasteiger partial charge is 0.261 e. The zero-order valence-corrected chi connectivity index (χ0v) is 24.3. The lowest BCUT2D eigenvalue weighted by molar-refractivity contribution is -0.136. The van der Waals surface area contributed by atoms with Crippen LogP contribution >= 0.6 is 0 Å². The van der Waals surface area contributed by atoms with E-state index in [1.54, 1.807) is 24.3 Å². The van der Waals surface area contributed by atoms with Gasteiger partial charge in [0.1, 0.15) is 5.75 Å². The second-order valence-corrected chi connectivity index (χ2v) is 9.49. The molecule has 0 saturated heterocycles. The molecule has 0 fully saturated rings. The second-order valence-electron chi connectivity index (χ2n) is 9.49. The van der Waals surface area contributed by atoms with E-state index in [0.717, 1.165) is 22.4 Å². The maximum Gasteiger partial charge on any atom is 0.261 e. The lowest BCUT2D eigenvalue weighted by Gasteiger charge is -2.38. The van der Waals surface area contributed by atoms with Crippen molar-refractivity contribution in [2.75, 3.05) is 39.6 Å². The van der Waals surface area contributed by atoms with Gasteiger partial charge in [0, 0.05) is 6.54 Å². The Balaban J connectivity index is 1.67. The third-order valence-corrected chi connectivity index (χ3v) is 6.87. The molecule has 3 aromatic rings. The van der Waals surface area contributed by atoms with Crippen LogP contribution in [0.4, 0.5) is 0 Å². The number of rotatable bonds is 13. The SMILES string of the molecule is CCOc1ccc(CC2c3cc(OCC)c(OCC)cc3CCN2C(=O)COc2ccc(C#N)cc2)cc1OCC. The molecule has 8 heteroatoms. The zero-order chi connectivity index (χ0) is 29.2. The van der Waals surface area contributed by atoms with Gasteiger partial charge in [-0.25, -0.2) is 0 Å². The number of ether oxygens (including phenoxy) is 5. The van der Waals surface area contributed by atoms with Crippen LogP contribution in [0, 0.1) is 11.3 Å². The normalized spacial score (nSPS) is 14.0. The number of hydrogen-bond donors (Lipinski definition) is 0. The molecule has 1 amide bonds. The first-order valence-corrected chi connectivity index (χ1v) is 14.2. The molecule has 1 heterocycles. The molecule has 0 radical (unpaired) electrons. The highest BCUT2D eigenvalue weighted by atomic mass is 16.5. The van der Waals surface area contributed by atoms with E-state index in [1.165, 1.54) is 0 Å². The Kier molecular flexibility index (Phi) is 10.3. The number of carbonyl (C=O) groups excluding carboxylic acids is 1. The number of nitriles is 1. The summed E-state index contributed by atoms with van der Waals surface area (Å²) in [6, 6.07) is 18.6. The van der Waals surface area contributed by atoms with Gasteiger partial charge in [-0.05, 0) is 106 Å². The summed E-state index contributed by atoms with van der Waals surface area (Å²) in [7, 11) is 0. The Bertz CT molecular complexity index is 1370. The van der Waals surface area contributed by atoms with Crippen LogP contribution in [0.5, 0.6) is 28.7 Å². The Morgan fingerprint density at radius 3 is 2.05 bits per heavy atom. The standard InChI is InChI=1S/C33H38N2O6/c1-5-37-29-14-11-24(18-30(29)38-6-2)17-28-27-20-32(40-8-4)31(39-7-3)19-25(27)15-16-35(28)33(36)22-41-26-12-9-23(21-34)10-13-26/h9-14,18-20,28H,5-8,15-17,22H2,1-4H3. The average molecular weight is 559 g/mol. The summed E-state index contributed by atoms with van der Waals surface area (Å²) in [6.45, 7) is 10.3. The van der Waals surface area contributed by atoms with Gasteiger partial charge in [-0.3, -0.25) is 4.79 Å². The minimum absolute atomic E-state index is 0.111. The summed E-state index contributed by atoms with van der Waals surface area (Å²) in [4.78, 5) is 15.5. The average Bonchev–Trinajstić information content (AvgIpc) is 2.98. The first-order valence-electron chi connectivity index (χ1n) is 14.2. The Morgan fingerprint density at radius 2 is 1.41 bits per heavy atom. The molecule has 1 aliphatic heterocycles. The number of benzene rings is 3. The highest BCUT2D eigenvalue weighted by Crippen LogP contribution is 2.41. The van der Waals surface area contributed by atoms with E-state index in [1.807, 2.05) is 56.9 Å². The van der Waals surface area contributed by atoms with Gasteiger partial charge in [-0.15, -0.1) is 0 Å². The van der Waals surface area contributed by atoms with E-state index < -0.39 is 0 Å². The number of amides is 1. The summed E-state index contributed by atoms with van der Waals surface area (Å²) >= 11 is 0. The van der Waals surface area contributed by atoms with Gasteiger partial charge < -0.3 is 28.6 Å². The van der Waals surface area contributed by atoms with Crippen LogP contribution in [0.25, 0.3) is 0 Å². The molecule has 4 rings (SSSR count). The minimum atomic E-state index is -0.252. The summed E-state index contributed by atoms with van der Waals surface area (Å²) in [6.07, 6.45) is 1.26. The number of fused-ring (bicyclic) bond motifs is 1. The summed E-state index contributed by atoms with van der Waals surface area (Å²) in [5.74, 6) is 3.20. The van der Waals surface area contributed by atoms with Gasteiger partial charge in [-0.2, -0.15) is 5.26 Å². The molecule has 216 valence electrons. The van der Waals surface area contributed by atoms with Crippen LogP contribution in [-0.4, -0.2) is 50.4 Å². The monoisotopic (exact) mass is 558 g/mol. The summed E-state index contributed by atoms with van der Waals surface area (Å²) in [5, 5.41) is 9.05. The molecule has 1 aliphatic rings. The third kappa shape index (κ3) is 7.23. The molecule has 41 heavy (non-hydrogen) atoms. The van der Waals surface area contributed by atoms with Gasteiger partial charge >= 0.3 is 0 Å². The van der Waals surface area contributed by atoms with Crippen molar-refractivity contribution in [2.45, 2.75) is 46.6 Å². The zero-order valence-electron chi connectivity index (χ0n) is 24.3. The summed E-state index contributed by atoms with van der Waals surface area (Å²) < 4.78 is 29.3. The number of carbonyl (C=O) groups is 1. The van der Waals surface area contributed by atoms with Crippen LogP contribution in [-0.2, 0) is 17.6 Å². The van der Waals surface area contributed by atoms with Crippen molar-refractivity contribution in [3.05, 3.63) is 76.9 Å². The first kappa shape index (κ1) is 29.6. The van der Waals surface area contributed by atoms with Crippen molar-refractivity contribution < 1.29 is 28.5 Å². The quantitative estimate of drug-likeness (QED) is 0.258. The molecule has 0 bridgehead atoms. The predicted octanol–water partition coefficient (Wildman–Crippen LogP) is 5.90. The van der Waals surface area contributed by atoms with Crippen LogP contribution in [0.2, 0.25) is 0 Å². The Hall–Kier alpha value is -4.38. The van der Waals surface area contributed by atoms with E-state index in [-0.39, 0.29) is 18.6 Å². The molecule has 0 spiro atoms. The molecule has 1 atom stereocenters. The Labute approximate surface area is 242 Å². The van der Waals surface area contributed by atoms with E-state index in [0.29, 0.717) is 74.4 Å².